The third-order valence-corrected chi connectivity index (χ3v) is 3.60. The summed E-state index contributed by atoms with van der Waals surface area (Å²) >= 11 is 12.1. The number of aromatic nitrogens is 1. The van der Waals surface area contributed by atoms with Gasteiger partial charge in [0.05, 0.1) is 6.42 Å². The molecule has 6 heteroatoms. The zero-order chi connectivity index (χ0) is 15.0. The number of primary amides is 1. The highest BCUT2D eigenvalue weighted by Crippen LogP contribution is 2.29. The molecule has 3 rings (SSSR count). The Morgan fingerprint density at radius 3 is 2.71 bits per heavy atom. The average Bonchev–Trinajstić information content (AvgIpc) is 2.83. The van der Waals surface area contributed by atoms with Crippen LogP contribution in [0.2, 0.25) is 10.0 Å². The van der Waals surface area contributed by atoms with Gasteiger partial charge in [-0.15, -0.1) is 0 Å². The molecule has 0 fully saturated rings. The van der Waals surface area contributed by atoms with Gasteiger partial charge >= 0.3 is 0 Å². The molecule has 0 saturated heterocycles. The first-order valence-corrected chi connectivity index (χ1v) is 6.92. The Balaban J connectivity index is 2.02. The fourth-order valence-electron chi connectivity index (χ4n) is 2.04. The van der Waals surface area contributed by atoms with E-state index in [1.165, 1.54) is 0 Å². The number of hydrogen-bond acceptors (Lipinski definition) is 3. The van der Waals surface area contributed by atoms with Crippen LogP contribution in [0.5, 0.6) is 0 Å². The van der Waals surface area contributed by atoms with Gasteiger partial charge in [0.2, 0.25) is 11.8 Å². The molecule has 2 aromatic carbocycles. The number of carbonyl (C=O) groups is 1. The second kappa shape index (κ2) is 5.39. The number of halogens is 2. The molecule has 4 nitrogen and oxygen atoms in total. The lowest BCUT2D eigenvalue weighted by molar-refractivity contribution is -0.117. The van der Waals surface area contributed by atoms with Gasteiger partial charge in [-0.3, -0.25) is 4.79 Å². The van der Waals surface area contributed by atoms with Gasteiger partial charge in [0.25, 0.3) is 0 Å². The first-order chi connectivity index (χ1) is 10.0. The molecule has 1 amide bonds. The molecule has 0 atom stereocenters. The van der Waals surface area contributed by atoms with Gasteiger partial charge in [-0.25, -0.2) is 4.98 Å². The topological polar surface area (TPSA) is 69.1 Å². The summed E-state index contributed by atoms with van der Waals surface area (Å²) in [4.78, 5) is 15.3. The molecule has 0 spiro atoms. The summed E-state index contributed by atoms with van der Waals surface area (Å²) in [6.07, 6.45) is 0.0995. The molecular weight excluding hydrogens is 311 g/mol. The third kappa shape index (κ3) is 2.86. The minimum Gasteiger partial charge on any atom is -0.436 e. The minimum absolute atomic E-state index is 0.0995. The Bertz CT molecular complexity index is 843. The van der Waals surface area contributed by atoms with Gasteiger partial charge in [0, 0.05) is 15.6 Å². The van der Waals surface area contributed by atoms with E-state index in [0.717, 1.165) is 5.56 Å². The molecule has 0 bridgehead atoms. The van der Waals surface area contributed by atoms with Gasteiger partial charge in [-0.1, -0.05) is 29.3 Å². The molecule has 0 aliphatic heterocycles. The van der Waals surface area contributed by atoms with Crippen LogP contribution in [0.15, 0.2) is 40.8 Å². The SMILES string of the molecule is NC(=O)Cc1ccc(-c2nc3cc(Cl)ccc3o2)cc1Cl. The van der Waals surface area contributed by atoms with Gasteiger partial charge in [-0.05, 0) is 35.9 Å². The first-order valence-electron chi connectivity index (χ1n) is 6.16. The van der Waals surface area contributed by atoms with E-state index in [1.807, 2.05) is 0 Å². The largest absolute Gasteiger partial charge is 0.436 e. The van der Waals surface area contributed by atoms with Crippen LogP contribution < -0.4 is 5.73 Å². The van der Waals surface area contributed by atoms with Crippen molar-refractivity contribution in [2.24, 2.45) is 5.73 Å². The van der Waals surface area contributed by atoms with E-state index in [-0.39, 0.29) is 6.42 Å². The molecule has 0 aliphatic carbocycles. The van der Waals surface area contributed by atoms with Crippen molar-refractivity contribution in [1.29, 1.82) is 0 Å². The Morgan fingerprint density at radius 1 is 1.19 bits per heavy atom. The molecule has 1 aromatic heterocycles. The lowest BCUT2D eigenvalue weighted by atomic mass is 10.1. The van der Waals surface area contributed by atoms with E-state index in [4.69, 9.17) is 33.4 Å². The summed E-state index contributed by atoms with van der Waals surface area (Å²) < 4.78 is 5.67. The standard InChI is InChI=1S/C15H10Cl2N2O2/c16-10-3-4-13-12(7-10)19-15(21-13)9-2-1-8(6-14(18)20)11(17)5-9/h1-5,7H,6H2,(H2,18,20). The highest BCUT2D eigenvalue weighted by atomic mass is 35.5. The van der Waals surface area contributed by atoms with Crippen molar-refractivity contribution >= 4 is 40.2 Å². The normalized spacial score (nSPS) is 11.0. The monoisotopic (exact) mass is 320 g/mol. The fourth-order valence-corrected chi connectivity index (χ4v) is 2.45. The summed E-state index contributed by atoms with van der Waals surface area (Å²) in [5, 5.41) is 1.05. The van der Waals surface area contributed by atoms with E-state index in [9.17, 15) is 4.79 Å². The van der Waals surface area contributed by atoms with Crippen molar-refractivity contribution in [3.63, 3.8) is 0 Å². The number of benzene rings is 2. The van der Waals surface area contributed by atoms with Gasteiger partial charge in [0.15, 0.2) is 5.58 Å². The summed E-state index contributed by atoms with van der Waals surface area (Å²) in [6, 6.07) is 10.5. The Kier molecular flexibility index (Phi) is 3.57. The third-order valence-electron chi connectivity index (χ3n) is 3.01. The van der Waals surface area contributed by atoms with E-state index in [2.05, 4.69) is 4.98 Å². The zero-order valence-electron chi connectivity index (χ0n) is 10.8. The summed E-state index contributed by atoms with van der Waals surface area (Å²) in [6.45, 7) is 0. The van der Waals surface area contributed by atoms with Crippen LogP contribution in [0.1, 0.15) is 5.56 Å². The molecule has 21 heavy (non-hydrogen) atoms. The maximum atomic E-state index is 10.9. The van der Waals surface area contributed by atoms with Crippen LogP contribution in [0.25, 0.3) is 22.6 Å². The maximum absolute atomic E-state index is 10.9. The first kappa shape index (κ1) is 13.9. The summed E-state index contributed by atoms with van der Waals surface area (Å²) in [7, 11) is 0. The Hall–Kier alpha value is -2.04. The van der Waals surface area contributed by atoms with Crippen molar-refractivity contribution in [3.05, 3.63) is 52.0 Å². The lowest BCUT2D eigenvalue weighted by Gasteiger charge is -2.03. The highest BCUT2D eigenvalue weighted by Gasteiger charge is 2.11. The summed E-state index contributed by atoms with van der Waals surface area (Å²) in [5.41, 5.74) is 7.88. The maximum Gasteiger partial charge on any atom is 0.227 e. The van der Waals surface area contributed by atoms with Crippen LogP contribution in [-0.4, -0.2) is 10.9 Å². The molecule has 3 aromatic rings. The Labute approximate surface area is 130 Å². The number of nitrogens with zero attached hydrogens (tertiary/aromatic N) is 1. The number of fused-ring (bicyclic) bond motifs is 1. The zero-order valence-corrected chi connectivity index (χ0v) is 12.3. The summed E-state index contributed by atoms with van der Waals surface area (Å²) in [5.74, 6) is 0.0148. The minimum atomic E-state index is -0.429. The van der Waals surface area contributed by atoms with E-state index >= 15 is 0 Å². The molecule has 0 aliphatic rings. The second-order valence-electron chi connectivity index (χ2n) is 4.58. The van der Waals surface area contributed by atoms with E-state index in [0.29, 0.717) is 32.6 Å². The predicted molar refractivity (Wildman–Crippen MR) is 82.4 cm³/mol. The number of amides is 1. The fraction of sp³-hybridized carbons (Fsp3) is 0.0667. The van der Waals surface area contributed by atoms with Crippen LogP contribution in [0.3, 0.4) is 0 Å². The Morgan fingerprint density at radius 2 is 2.00 bits per heavy atom. The number of hydrogen-bond donors (Lipinski definition) is 1. The smallest absolute Gasteiger partial charge is 0.227 e. The molecule has 0 saturated carbocycles. The molecule has 1 heterocycles. The van der Waals surface area contributed by atoms with Gasteiger partial charge < -0.3 is 10.2 Å². The van der Waals surface area contributed by atoms with Crippen molar-refractivity contribution in [2.75, 3.05) is 0 Å². The molecule has 0 unspecified atom stereocenters. The van der Waals surface area contributed by atoms with Crippen molar-refractivity contribution in [2.45, 2.75) is 6.42 Å². The average molecular weight is 321 g/mol. The van der Waals surface area contributed by atoms with Crippen LogP contribution in [-0.2, 0) is 11.2 Å². The number of rotatable bonds is 3. The number of nitrogens with two attached hydrogens (primary N) is 1. The number of carbonyl (C=O) groups excluding carboxylic acids is 1. The van der Waals surface area contributed by atoms with Crippen LogP contribution in [0.4, 0.5) is 0 Å². The van der Waals surface area contributed by atoms with Crippen molar-refractivity contribution < 1.29 is 9.21 Å². The molecule has 2 N–H and O–H groups in total. The quantitative estimate of drug-likeness (QED) is 0.797. The molecule has 0 radical (unpaired) electrons. The van der Waals surface area contributed by atoms with E-state index < -0.39 is 5.91 Å². The second-order valence-corrected chi connectivity index (χ2v) is 5.42. The lowest BCUT2D eigenvalue weighted by Crippen LogP contribution is -2.13. The van der Waals surface area contributed by atoms with Gasteiger partial charge in [-0.2, -0.15) is 0 Å². The highest BCUT2D eigenvalue weighted by molar-refractivity contribution is 6.32. The number of oxazole rings is 1. The van der Waals surface area contributed by atoms with Gasteiger partial charge in [0.1, 0.15) is 5.52 Å². The van der Waals surface area contributed by atoms with Crippen molar-refractivity contribution in [3.8, 4) is 11.5 Å². The van der Waals surface area contributed by atoms with Crippen molar-refractivity contribution in [1.82, 2.24) is 4.98 Å². The van der Waals surface area contributed by atoms with Crippen LogP contribution >= 0.6 is 23.2 Å². The van der Waals surface area contributed by atoms with Crippen LogP contribution in [0, 0.1) is 0 Å². The van der Waals surface area contributed by atoms with E-state index in [1.54, 1.807) is 36.4 Å². The molecular formula is C15H10Cl2N2O2. The molecule has 106 valence electrons. The predicted octanol–water partition coefficient (Wildman–Crippen LogP) is 3.83.